The first-order valence-electron chi connectivity index (χ1n) is 14.5. The third kappa shape index (κ3) is 7.30. The maximum Gasteiger partial charge on any atom is 1.00 e. The van der Waals surface area contributed by atoms with Gasteiger partial charge in [0.25, 0.3) is 5.91 Å². The Kier molecular flexibility index (Phi) is 11.1. The van der Waals surface area contributed by atoms with Gasteiger partial charge in [0.05, 0.1) is 21.0 Å². The molecule has 1 aliphatic carbocycles. The molecule has 12 nitrogen and oxygen atoms in total. The second-order valence-corrected chi connectivity index (χ2v) is 13.8. The van der Waals surface area contributed by atoms with Crippen LogP contribution in [0, 0.1) is 5.92 Å². The van der Waals surface area contributed by atoms with Gasteiger partial charge in [0, 0.05) is 28.1 Å². The number of Topliss-reactive ketones (excluding diaryl/α,β-unsaturated/α-hetero) is 1. The van der Waals surface area contributed by atoms with Crippen molar-refractivity contribution in [3.05, 3.63) is 142 Å². The average molecular weight is 739 g/mol. The largest absolute Gasteiger partial charge is 1.00 e. The first-order valence-corrected chi connectivity index (χ1v) is 17.3. The van der Waals surface area contributed by atoms with Crippen LogP contribution in [0.5, 0.6) is 11.5 Å². The van der Waals surface area contributed by atoms with E-state index >= 15 is 0 Å². The van der Waals surface area contributed by atoms with Crippen molar-refractivity contribution in [2.45, 2.75) is 9.79 Å². The third-order valence-corrected chi connectivity index (χ3v) is 9.76. The van der Waals surface area contributed by atoms with Gasteiger partial charge in [-0.1, -0.05) is 54.6 Å². The maximum absolute atomic E-state index is 14.3. The molecule has 0 spiro atoms. The van der Waals surface area contributed by atoms with Crippen LogP contribution in [0.15, 0.2) is 124 Å². The van der Waals surface area contributed by atoms with E-state index in [0.29, 0.717) is 5.56 Å². The minimum atomic E-state index is -4.76. The van der Waals surface area contributed by atoms with E-state index in [-0.39, 0.29) is 115 Å². The molecule has 2 aliphatic rings. The molecule has 0 aromatic heterocycles. The molecule has 1 atom stereocenters. The van der Waals surface area contributed by atoms with Crippen LogP contribution in [-0.2, 0) is 25.0 Å². The smallest absolute Gasteiger partial charge is 0.744 e. The molecule has 1 heterocycles. The van der Waals surface area contributed by atoms with Gasteiger partial charge >= 0.3 is 59.1 Å². The predicted octanol–water partition coefficient (Wildman–Crippen LogP) is -2.56. The molecular weight excluding hydrogens is 719 g/mol. The Balaban J connectivity index is 0.00000252. The molecule has 1 aliphatic heterocycles. The first kappa shape index (κ1) is 38.4. The number of carbonyl (C=O) groups excluding carboxylic acids is 3. The maximum atomic E-state index is 14.3. The molecule has 1 N–H and O–H groups in total. The second kappa shape index (κ2) is 14.7. The summed E-state index contributed by atoms with van der Waals surface area (Å²) in [4.78, 5) is 45.4. The molecular formula is C35H20N2Na2O10S2. The Labute approximate surface area is 335 Å². The zero-order chi connectivity index (χ0) is 34.7. The summed E-state index contributed by atoms with van der Waals surface area (Å²) in [6.07, 6.45) is 0. The predicted molar refractivity (Wildman–Crippen MR) is 171 cm³/mol. The van der Waals surface area contributed by atoms with Gasteiger partial charge in [0.2, 0.25) is 0 Å². The summed E-state index contributed by atoms with van der Waals surface area (Å²) in [5, 5.41) is 3.15. The number of nitrogens with zero attached hydrogens (tertiary/aromatic N) is 1. The third-order valence-electron chi connectivity index (χ3n) is 8.06. The number of anilines is 2. The number of hydrogen-bond donors (Lipinski definition) is 1. The summed E-state index contributed by atoms with van der Waals surface area (Å²) >= 11 is 0. The molecule has 0 fully saturated rings. The Morgan fingerprint density at radius 2 is 1.27 bits per heavy atom. The molecule has 244 valence electrons. The van der Waals surface area contributed by atoms with Gasteiger partial charge in [0.1, 0.15) is 37.3 Å². The van der Waals surface area contributed by atoms with Gasteiger partial charge in [-0.2, -0.15) is 0 Å². The quantitative estimate of drug-likeness (QED) is 0.0761. The Morgan fingerprint density at radius 1 is 0.725 bits per heavy atom. The minimum absolute atomic E-state index is 0. The summed E-state index contributed by atoms with van der Waals surface area (Å²) in [5.74, 6) is -3.28. The summed E-state index contributed by atoms with van der Waals surface area (Å²) in [6.45, 7) is 0. The number of ketones is 2. The molecule has 0 bridgehead atoms. The number of ether oxygens (including phenoxy) is 1. The number of amides is 1. The number of nitrogens with one attached hydrogen (secondary N) is 1. The molecule has 5 aromatic rings. The molecule has 1 amide bonds. The Morgan fingerprint density at radius 3 is 1.86 bits per heavy atom. The van der Waals surface area contributed by atoms with Crippen LogP contribution in [0.2, 0.25) is 0 Å². The van der Waals surface area contributed by atoms with E-state index in [0.717, 1.165) is 24.3 Å². The van der Waals surface area contributed by atoms with E-state index in [1.54, 1.807) is 54.6 Å². The van der Waals surface area contributed by atoms with Crippen molar-refractivity contribution in [3.63, 3.8) is 0 Å². The van der Waals surface area contributed by atoms with E-state index in [9.17, 15) is 40.3 Å². The van der Waals surface area contributed by atoms with Crippen LogP contribution in [0.25, 0.3) is 5.57 Å². The fraction of sp³-hybridized carbons (Fsp3) is 0.0286. The molecule has 0 radical (unpaired) electrons. The van der Waals surface area contributed by atoms with Crippen LogP contribution < -0.4 is 79.7 Å². The molecule has 51 heavy (non-hydrogen) atoms. The second-order valence-electron chi connectivity index (χ2n) is 11.1. The van der Waals surface area contributed by atoms with Crippen molar-refractivity contribution in [3.8, 4) is 11.5 Å². The number of rotatable bonds is 8. The first-order chi connectivity index (χ1) is 23.3. The molecule has 5 aromatic carbocycles. The fourth-order valence-electron chi connectivity index (χ4n) is 5.89. The molecule has 0 saturated heterocycles. The minimum Gasteiger partial charge on any atom is -0.744 e. The van der Waals surface area contributed by atoms with Crippen LogP contribution >= 0.6 is 0 Å². The van der Waals surface area contributed by atoms with Gasteiger partial charge in [-0.25, -0.2) is 21.8 Å². The van der Waals surface area contributed by atoms with Gasteiger partial charge in [-0.05, 0) is 59.7 Å². The topological polar surface area (TPSA) is 199 Å². The van der Waals surface area contributed by atoms with Crippen LogP contribution in [-0.4, -0.2) is 43.4 Å². The van der Waals surface area contributed by atoms with Crippen molar-refractivity contribution in [2.24, 2.45) is 10.9 Å². The summed E-state index contributed by atoms with van der Waals surface area (Å²) in [5.41, 5.74) is 1.48. The Bertz CT molecular complexity index is 2600. The van der Waals surface area contributed by atoms with E-state index in [2.05, 4.69) is 10.3 Å². The average Bonchev–Trinajstić information content (AvgIpc) is 3.07. The normalized spacial score (nSPS) is 14.5. The standard InChI is InChI=1S/C35H22N2O10S2.2Na/c38-33(19-6-2-1-3-7-19)31-28-24-8-4-5-9-25(24)34(39)29-26(36-20-10-14-22(15-11-20)48(41,42)43)18-27(32(30(28)29)37-35(31)40)47-21-12-16-23(17-13-21)49(44,45)46;;/h1-18,31,36H,(H,41,42,43)(H,44,45,46);;/q;2*+1/p-2. The SMILES string of the molecule is O=C1c2ccccc2C2=c3c1c(Nc1ccc(S(=O)(=O)[O-])cc1)cc(Oc1ccc(S(=O)(=O)[O-])cc1)c3=NC(=O)C2C(=O)c1ccccc1.[Na+].[Na+]. The van der Waals surface area contributed by atoms with Gasteiger partial charge < -0.3 is 19.2 Å². The van der Waals surface area contributed by atoms with Crippen LogP contribution in [0.4, 0.5) is 11.4 Å². The van der Waals surface area contributed by atoms with Gasteiger partial charge in [-0.3, -0.25) is 14.4 Å². The number of fused-ring (bicyclic) bond motifs is 2. The molecule has 7 rings (SSSR count). The van der Waals surface area contributed by atoms with Gasteiger partial charge in [-0.15, -0.1) is 0 Å². The van der Waals surface area contributed by atoms with Crippen LogP contribution in [0.1, 0.15) is 31.8 Å². The number of carbonyl (C=O) groups is 3. The zero-order valence-electron chi connectivity index (χ0n) is 26.8. The molecule has 0 saturated carbocycles. The van der Waals surface area contributed by atoms with Crippen molar-refractivity contribution >= 4 is 54.7 Å². The van der Waals surface area contributed by atoms with Crippen molar-refractivity contribution < 1.29 is 104 Å². The van der Waals surface area contributed by atoms with Crippen molar-refractivity contribution in [1.29, 1.82) is 0 Å². The molecule has 1 unspecified atom stereocenters. The summed E-state index contributed by atoms with van der Waals surface area (Å²) in [7, 11) is -9.50. The Hall–Kier alpha value is -3.80. The van der Waals surface area contributed by atoms with Crippen molar-refractivity contribution in [1.82, 2.24) is 0 Å². The van der Waals surface area contributed by atoms with Crippen molar-refractivity contribution in [2.75, 3.05) is 5.32 Å². The zero-order valence-corrected chi connectivity index (χ0v) is 32.4. The van der Waals surface area contributed by atoms with E-state index < -0.39 is 53.4 Å². The number of benzene rings is 5. The van der Waals surface area contributed by atoms with E-state index in [1.807, 2.05) is 0 Å². The fourth-order valence-corrected chi connectivity index (χ4v) is 6.83. The van der Waals surface area contributed by atoms with E-state index in [4.69, 9.17) is 4.74 Å². The van der Waals surface area contributed by atoms with E-state index in [1.165, 1.54) is 30.3 Å². The monoisotopic (exact) mass is 738 g/mol. The number of hydrogen-bond acceptors (Lipinski definition) is 11. The van der Waals surface area contributed by atoms with Crippen LogP contribution in [0.3, 0.4) is 0 Å². The summed E-state index contributed by atoms with van der Waals surface area (Å²) in [6, 6.07) is 25.4. The summed E-state index contributed by atoms with van der Waals surface area (Å²) < 4.78 is 75.1. The molecule has 16 heteroatoms. The van der Waals surface area contributed by atoms with Gasteiger partial charge in [0.15, 0.2) is 17.3 Å².